The van der Waals surface area contributed by atoms with Gasteiger partial charge in [0.25, 0.3) is 0 Å². The van der Waals surface area contributed by atoms with Crippen molar-refractivity contribution in [3.63, 3.8) is 0 Å². The molecule has 0 heterocycles. The molecule has 78 heavy (non-hydrogen) atoms. The van der Waals surface area contributed by atoms with Crippen LogP contribution >= 0.6 is 0 Å². The molecule has 0 heteroatoms. The molecule has 0 N–H and O–H groups in total. The highest BCUT2D eigenvalue weighted by Crippen LogP contribution is 2.49. The topological polar surface area (TPSA) is 0 Å². The van der Waals surface area contributed by atoms with Crippen LogP contribution in [0.15, 0.2) is 291 Å². The van der Waals surface area contributed by atoms with Crippen molar-refractivity contribution in [1.29, 1.82) is 0 Å². The van der Waals surface area contributed by atoms with Crippen molar-refractivity contribution in [2.45, 2.75) is 0 Å². The van der Waals surface area contributed by atoms with E-state index in [4.69, 9.17) is 0 Å². The zero-order valence-corrected chi connectivity index (χ0v) is 42.7. The van der Waals surface area contributed by atoms with Crippen molar-refractivity contribution in [1.82, 2.24) is 0 Å². The van der Waals surface area contributed by atoms with Crippen LogP contribution in [-0.4, -0.2) is 0 Å². The fourth-order valence-electron chi connectivity index (χ4n) is 12.7. The Morgan fingerprint density at radius 3 is 0.410 bits per heavy atom. The predicted molar refractivity (Wildman–Crippen MR) is 337 cm³/mol. The van der Waals surface area contributed by atoms with Crippen LogP contribution in [-0.2, 0) is 0 Å². The Kier molecular flexibility index (Phi) is 10.0. The molecule has 0 radical (unpaired) electrons. The van der Waals surface area contributed by atoms with Gasteiger partial charge in [-0.15, -0.1) is 0 Å². The normalized spacial score (nSPS) is 11.8. The molecular weight excluding hydrogens is 937 g/mol. The summed E-state index contributed by atoms with van der Waals surface area (Å²) in [5, 5.41) is 22.1. The summed E-state index contributed by atoms with van der Waals surface area (Å²) in [6.07, 6.45) is 0. The Morgan fingerprint density at radius 1 is 0.115 bits per heavy atom. The lowest BCUT2D eigenvalue weighted by atomic mass is 9.82. The van der Waals surface area contributed by atoms with Crippen LogP contribution in [0.3, 0.4) is 0 Å². The monoisotopic (exact) mass is 984 g/mol. The smallest absolute Gasteiger partial charge is 0.00921 e. The molecule has 0 nitrogen and oxygen atoms in total. The summed E-state index contributed by atoms with van der Waals surface area (Å²) >= 11 is 0. The second-order valence-corrected chi connectivity index (χ2v) is 21.2. The molecule has 16 rings (SSSR count). The Morgan fingerprint density at radius 2 is 0.256 bits per heavy atom. The molecule has 0 saturated carbocycles. The van der Waals surface area contributed by atoms with Crippen molar-refractivity contribution in [3.05, 3.63) is 291 Å². The van der Waals surface area contributed by atoms with E-state index in [1.54, 1.807) is 0 Å². The number of hydrogen-bond donors (Lipinski definition) is 0. The lowest BCUT2D eigenvalue weighted by Crippen LogP contribution is -1.94. The summed E-state index contributed by atoms with van der Waals surface area (Å²) in [4.78, 5) is 0. The average Bonchev–Trinajstić information content (AvgIpc) is 3.69. The molecule has 0 fully saturated rings. The molecule has 0 bridgehead atoms. The highest BCUT2D eigenvalue weighted by molar-refractivity contribution is 6.29. The van der Waals surface area contributed by atoms with Gasteiger partial charge < -0.3 is 0 Å². The minimum absolute atomic E-state index is 1.19. The first kappa shape index (κ1) is 44.2. The molecular formula is C78H48. The molecule has 0 atom stereocenters. The van der Waals surface area contributed by atoms with Crippen LogP contribution in [0.1, 0.15) is 0 Å². The van der Waals surface area contributed by atoms with Crippen molar-refractivity contribution in [3.8, 4) is 66.8 Å². The molecule has 0 aliphatic heterocycles. The Labute approximate surface area is 452 Å². The summed E-state index contributed by atoms with van der Waals surface area (Å²) in [6.45, 7) is 0. The molecule has 0 aromatic heterocycles. The van der Waals surface area contributed by atoms with Crippen LogP contribution in [0.2, 0.25) is 0 Å². The van der Waals surface area contributed by atoms with E-state index in [0.717, 1.165) is 0 Å². The van der Waals surface area contributed by atoms with Gasteiger partial charge in [0.05, 0.1) is 0 Å². The largest absolute Gasteiger partial charge is 0.0616 e. The molecule has 16 aromatic rings. The van der Waals surface area contributed by atoms with Gasteiger partial charge in [-0.2, -0.15) is 0 Å². The molecule has 0 amide bonds. The quantitative estimate of drug-likeness (QED) is 0.146. The summed E-state index contributed by atoms with van der Waals surface area (Å²) < 4.78 is 0. The van der Waals surface area contributed by atoms with E-state index in [1.807, 2.05) is 0 Å². The maximum atomic E-state index is 2.53. The van der Waals surface area contributed by atoms with Crippen LogP contribution in [0.5, 0.6) is 0 Å². The zero-order chi connectivity index (χ0) is 51.3. The molecule has 0 spiro atoms. The van der Waals surface area contributed by atoms with Crippen LogP contribution < -0.4 is 0 Å². The van der Waals surface area contributed by atoms with Gasteiger partial charge in [-0.25, -0.2) is 0 Å². The summed E-state index contributed by atoms with van der Waals surface area (Å²) in [6, 6.07) is 110. The third-order valence-electron chi connectivity index (χ3n) is 16.7. The number of benzene rings is 16. The molecule has 360 valence electrons. The standard InChI is InChI=1S/C78H48/c1-7-19-55-37-61(31-25-49(55)13-1)67-43-73-74(44-68(67)62-32-26-50-14-2-8-20-56(50)38-62)76-46-70(64-34-28-52-16-4-10-22-58(52)40-64)72(66-36-30-54-18-6-12-24-60(54)42-66)48-78(76)77-47-71(65-35-29-53-17-5-11-23-59(53)41-65)69(45-75(73)77)63-33-27-51-15-3-9-21-57(51)39-63/h1-48H. The molecule has 0 aliphatic rings. The van der Waals surface area contributed by atoms with E-state index in [1.165, 1.54) is 164 Å². The van der Waals surface area contributed by atoms with E-state index < -0.39 is 0 Å². The molecule has 16 aromatic carbocycles. The van der Waals surface area contributed by atoms with Crippen LogP contribution in [0.25, 0.3) is 164 Å². The Hall–Kier alpha value is -10.1. The van der Waals surface area contributed by atoms with Gasteiger partial charge in [0.15, 0.2) is 0 Å². The minimum Gasteiger partial charge on any atom is -0.0616 e. The SMILES string of the molecule is c1ccc2cc(-c3cc4c5cc(-c6ccc7ccccc7c6)c(-c6ccc7ccccc7c6)cc5c5cc(-c6ccc7ccccc7c6)c(-c6ccc7ccccc7c6)cc5c4cc3-c3ccc4ccccc4c3)ccc2c1. The Bertz CT molecular complexity index is 4280. The second-order valence-electron chi connectivity index (χ2n) is 21.2. The maximum absolute atomic E-state index is 2.53. The van der Waals surface area contributed by atoms with Gasteiger partial charge in [-0.3, -0.25) is 0 Å². The van der Waals surface area contributed by atoms with Gasteiger partial charge in [0.1, 0.15) is 0 Å². The number of hydrogen-bond acceptors (Lipinski definition) is 0. The van der Waals surface area contributed by atoms with Gasteiger partial charge in [0.2, 0.25) is 0 Å². The highest BCUT2D eigenvalue weighted by atomic mass is 14.3. The van der Waals surface area contributed by atoms with E-state index in [9.17, 15) is 0 Å². The minimum atomic E-state index is 1.19. The van der Waals surface area contributed by atoms with Gasteiger partial charge in [0, 0.05) is 0 Å². The summed E-state index contributed by atoms with van der Waals surface area (Å²) in [7, 11) is 0. The first-order valence-electron chi connectivity index (χ1n) is 27.1. The first-order chi connectivity index (χ1) is 38.6. The fourth-order valence-corrected chi connectivity index (χ4v) is 12.7. The van der Waals surface area contributed by atoms with Gasteiger partial charge in [-0.05, 0) is 237 Å². The highest BCUT2D eigenvalue weighted by Gasteiger charge is 2.22. The van der Waals surface area contributed by atoms with E-state index >= 15 is 0 Å². The van der Waals surface area contributed by atoms with E-state index in [2.05, 4.69) is 291 Å². The first-order valence-corrected chi connectivity index (χ1v) is 27.1. The molecule has 0 saturated heterocycles. The van der Waals surface area contributed by atoms with Crippen molar-refractivity contribution >= 4 is 97.0 Å². The van der Waals surface area contributed by atoms with E-state index in [-0.39, 0.29) is 0 Å². The third kappa shape index (κ3) is 7.37. The van der Waals surface area contributed by atoms with Crippen molar-refractivity contribution in [2.24, 2.45) is 0 Å². The lowest BCUT2D eigenvalue weighted by molar-refractivity contribution is 1.62. The van der Waals surface area contributed by atoms with Gasteiger partial charge >= 0.3 is 0 Å². The van der Waals surface area contributed by atoms with Crippen molar-refractivity contribution in [2.75, 3.05) is 0 Å². The fraction of sp³-hybridized carbons (Fsp3) is 0. The molecule has 0 aliphatic carbocycles. The summed E-state index contributed by atoms with van der Waals surface area (Å²) in [5.74, 6) is 0. The third-order valence-corrected chi connectivity index (χ3v) is 16.7. The average molecular weight is 985 g/mol. The lowest BCUT2D eigenvalue weighted by Gasteiger charge is -2.21. The van der Waals surface area contributed by atoms with E-state index in [0.29, 0.717) is 0 Å². The number of rotatable bonds is 6. The second kappa shape index (κ2) is 17.7. The van der Waals surface area contributed by atoms with Gasteiger partial charge in [-0.1, -0.05) is 218 Å². The van der Waals surface area contributed by atoms with Crippen molar-refractivity contribution < 1.29 is 0 Å². The van der Waals surface area contributed by atoms with Crippen LogP contribution in [0.4, 0.5) is 0 Å². The Balaban J connectivity index is 1.09. The predicted octanol–water partition coefficient (Wildman–Crippen LogP) is 22.1. The van der Waals surface area contributed by atoms with Crippen LogP contribution in [0, 0.1) is 0 Å². The number of fused-ring (bicyclic) bond motifs is 12. The summed E-state index contributed by atoms with van der Waals surface area (Å²) in [5.41, 5.74) is 14.4. The molecule has 0 unspecified atom stereocenters. The zero-order valence-electron chi connectivity index (χ0n) is 42.7. The maximum Gasteiger partial charge on any atom is -0.00921 e.